The molecule has 0 aromatic carbocycles. The van der Waals surface area contributed by atoms with Crippen LogP contribution in [0.1, 0.15) is 47.0 Å². The zero-order chi connectivity index (χ0) is 12.8. The summed E-state index contributed by atoms with van der Waals surface area (Å²) in [6.07, 6.45) is 3.28. The molecule has 1 saturated heterocycles. The second-order valence-electron chi connectivity index (χ2n) is 7.07. The van der Waals surface area contributed by atoms with E-state index in [0.29, 0.717) is 23.9 Å². The second-order valence-corrected chi connectivity index (χ2v) is 7.07. The summed E-state index contributed by atoms with van der Waals surface area (Å²) in [7, 11) is 0. The first-order valence-electron chi connectivity index (χ1n) is 6.85. The molecule has 1 amide bonds. The Labute approximate surface area is 105 Å². The Balaban J connectivity index is 2.07. The minimum atomic E-state index is 0.0515. The van der Waals surface area contributed by atoms with Crippen LogP contribution in [0.25, 0.3) is 0 Å². The molecule has 98 valence electrons. The van der Waals surface area contributed by atoms with Gasteiger partial charge in [0, 0.05) is 24.5 Å². The summed E-state index contributed by atoms with van der Waals surface area (Å²) < 4.78 is 0. The van der Waals surface area contributed by atoms with Gasteiger partial charge in [0.05, 0.1) is 0 Å². The number of carbonyl (C=O) groups is 1. The van der Waals surface area contributed by atoms with Crippen molar-refractivity contribution in [2.75, 3.05) is 6.54 Å². The number of hydrogen-bond acceptors (Lipinski definition) is 2. The number of rotatable bonds is 1. The van der Waals surface area contributed by atoms with Crippen LogP contribution in [0.3, 0.4) is 0 Å². The molecule has 0 aromatic rings. The molecule has 0 aromatic heterocycles. The van der Waals surface area contributed by atoms with Crippen LogP contribution in [0.2, 0.25) is 0 Å². The second kappa shape index (κ2) is 4.27. The normalized spacial score (nSPS) is 34.9. The van der Waals surface area contributed by atoms with Crippen molar-refractivity contribution in [3.63, 3.8) is 0 Å². The minimum absolute atomic E-state index is 0.0515. The fourth-order valence-corrected chi connectivity index (χ4v) is 3.17. The summed E-state index contributed by atoms with van der Waals surface area (Å²) in [5.74, 6) is 1.08. The Morgan fingerprint density at radius 1 is 1.29 bits per heavy atom. The van der Waals surface area contributed by atoms with E-state index in [4.69, 9.17) is 5.73 Å². The highest BCUT2D eigenvalue weighted by Gasteiger charge is 2.43. The zero-order valence-corrected chi connectivity index (χ0v) is 11.6. The Morgan fingerprint density at radius 2 is 1.94 bits per heavy atom. The molecule has 1 heterocycles. The fraction of sp³-hybridized carbons (Fsp3) is 0.929. The van der Waals surface area contributed by atoms with Crippen LogP contribution in [0.5, 0.6) is 0 Å². The molecular weight excluding hydrogens is 212 g/mol. The van der Waals surface area contributed by atoms with E-state index >= 15 is 0 Å². The highest BCUT2D eigenvalue weighted by atomic mass is 16.2. The van der Waals surface area contributed by atoms with Crippen LogP contribution in [-0.2, 0) is 4.79 Å². The molecule has 2 N–H and O–H groups in total. The average Bonchev–Trinajstić information content (AvgIpc) is 2.50. The number of nitrogens with zero attached hydrogens (tertiary/aromatic N) is 1. The van der Waals surface area contributed by atoms with Crippen LogP contribution in [0.4, 0.5) is 0 Å². The first kappa shape index (κ1) is 12.9. The number of hydrogen-bond donors (Lipinski definition) is 1. The topological polar surface area (TPSA) is 46.3 Å². The van der Waals surface area contributed by atoms with E-state index in [0.717, 1.165) is 19.4 Å². The summed E-state index contributed by atoms with van der Waals surface area (Å²) >= 11 is 0. The van der Waals surface area contributed by atoms with Gasteiger partial charge in [-0.2, -0.15) is 0 Å². The van der Waals surface area contributed by atoms with E-state index in [1.54, 1.807) is 0 Å². The van der Waals surface area contributed by atoms with Gasteiger partial charge in [-0.15, -0.1) is 0 Å². The van der Waals surface area contributed by atoms with Gasteiger partial charge in [0.1, 0.15) is 0 Å². The number of carbonyl (C=O) groups excluding carboxylic acids is 1. The fourth-order valence-electron chi connectivity index (χ4n) is 3.17. The summed E-state index contributed by atoms with van der Waals surface area (Å²) in [5.41, 5.74) is 6.09. The molecule has 4 unspecified atom stereocenters. The first-order valence-corrected chi connectivity index (χ1v) is 6.85. The SMILES string of the molecule is CC(C(=O)N1CC2CC(N)CC1C2)C(C)(C)C. The maximum atomic E-state index is 12.5. The van der Waals surface area contributed by atoms with Crippen molar-refractivity contribution in [3.05, 3.63) is 0 Å². The van der Waals surface area contributed by atoms with Gasteiger partial charge in [0.2, 0.25) is 5.91 Å². The van der Waals surface area contributed by atoms with Gasteiger partial charge < -0.3 is 10.6 Å². The lowest BCUT2D eigenvalue weighted by atomic mass is 9.81. The van der Waals surface area contributed by atoms with Crippen molar-refractivity contribution < 1.29 is 4.79 Å². The van der Waals surface area contributed by atoms with Crippen molar-refractivity contribution in [3.8, 4) is 0 Å². The summed E-state index contributed by atoms with van der Waals surface area (Å²) in [4.78, 5) is 14.6. The zero-order valence-electron chi connectivity index (χ0n) is 11.6. The monoisotopic (exact) mass is 238 g/mol. The van der Waals surface area contributed by atoms with Gasteiger partial charge in [0.15, 0.2) is 0 Å². The van der Waals surface area contributed by atoms with Crippen molar-refractivity contribution in [2.24, 2.45) is 23.0 Å². The van der Waals surface area contributed by atoms with Crippen molar-refractivity contribution in [1.82, 2.24) is 4.90 Å². The van der Waals surface area contributed by atoms with Gasteiger partial charge in [-0.1, -0.05) is 27.7 Å². The van der Waals surface area contributed by atoms with Crippen molar-refractivity contribution in [1.29, 1.82) is 0 Å². The van der Waals surface area contributed by atoms with Gasteiger partial charge in [0.25, 0.3) is 0 Å². The minimum Gasteiger partial charge on any atom is -0.339 e. The third-order valence-electron chi connectivity index (χ3n) is 4.66. The molecule has 2 fully saturated rings. The Hall–Kier alpha value is -0.570. The van der Waals surface area contributed by atoms with Gasteiger partial charge in [-0.05, 0) is 30.6 Å². The summed E-state index contributed by atoms with van der Waals surface area (Å²) in [6, 6.07) is 0.725. The van der Waals surface area contributed by atoms with E-state index in [-0.39, 0.29) is 11.3 Å². The van der Waals surface area contributed by atoms with Crippen molar-refractivity contribution >= 4 is 5.91 Å². The lowest BCUT2D eigenvalue weighted by Gasteiger charge is -2.33. The molecular formula is C14H26N2O. The van der Waals surface area contributed by atoms with Crippen LogP contribution in [0, 0.1) is 17.3 Å². The molecule has 2 rings (SSSR count). The van der Waals surface area contributed by atoms with Crippen LogP contribution in [-0.4, -0.2) is 29.4 Å². The molecule has 2 aliphatic rings. The molecule has 17 heavy (non-hydrogen) atoms. The summed E-state index contributed by atoms with van der Waals surface area (Å²) in [5, 5.41) is 0. The quantitative estimate of drug-likeness (QED) is 0.759. The van der Waals surface area contributed by atoms with E-state index < -0.39 is 0 Å². The maximum absolute atomic E-state index is 12.5. The van der Waals surface area contributed by atoms with E-state index in [1.165, 1.54) is 6.42 Å². The molecule has 3 heteroatoms. The van der Waals surface area contributed by atoms with E-state index in [1.807, 2.05) is 0 Å². The first-order chi connectivity index (χ1) is 7.79. The highest BCUT2D eigenvalue weighted by Crippen LogP contribution is 2.37. The Kier molecular flexibility index (Phi) is 3.23. The number of amides is 1. The maximum Gasteiger partial charge on any atom is 0.226 e. The van der Waals surface area contributed by atoms with Crippen LogP contribution in [0.15, 0.2) is 0 Å². The van der Waals surface area contributed by atoms with E-state index in [9.17, 15) is 4.79 Å². The average molecular weight is 238 g/mol. The van der Waals surface area contributed by atoms with Gasteiger partial charge >= 0.3 is 0 Å². The predicted molar refractivity (Wildman–Crippen MR) is 69.4 cm³/mol. The third-order valence-corrected chi connectivity index (χ3v) is 4.66. The molecule has 2 bridgehead atoms. The van der Waals surface area contributed by atoms with Crippen LogP contribution < -0.4 is 5.73 Å². The van der Waals surface area contributed by atoms with Crippen molar-refractivity contribution in [2.45, 2.75) is 59.0 Å². The number of likely N-dealkylation sites (tertiary alicyclic amines) is 1. The van der Waals surface area contributed by atoms with Gasteiger partial charge in [-0.25, -0.2) is 0 Å². The number of fused-ring (bicyclic) bond motifs is 2. The molecule has 1 aliphatic carbocycles. The third kappa shape index (κ3) is 2.49. The molecule has 3 nitrogen and oxygen atoms in total. The summed E-state index contributed by atoms with van der Waals surface area (Å²) in [6.45, 7) is 9.43. The molecule has 1 aliphatic heterocycles. The number of nitrogens with two attached hydrogens (primary N) is 1. The van der Waals surface area contributed by atoms with E-state index in [2.05, 4.69) is 32.6 Å². The predicted octanol–water partition coefficient (Wildman–Crippen LogP) is 2.01. The Bertz CT molecular complexity index is 308. The highest BCUT2D eigenvalue weighted by molar-refractivity contribution is 5.80. The smallest absolute Gasteiger partial charge is 0.226 e. The molecule has 0 radical (unpaired) electrons. The standard InChI is InChI=1S/C14H26N2O/c1-9(14(2,3)4)13(17)16-8-10-5-11(15)7-12(16)6-10/h9-12H,5-8,15H2,1-4H3. The largest absolute Gasteiger partial charge is 0.339 e. The molecule has 4 atom stereocenters. The molecule has 0 spiro atoms. The van der Waals surface area contributed by atoms with Crippen LogP contribution >= 0.6 is 0 Å². The molecule has 1 saturated carbocycles. The Morgan fingerprint density at radius 3 is 2.53 bits per heavy atom. The van der Waals surface area contributed by atoms with Gasteiger partial charge in [-0.3, -0.25) is 4.79 Å². The lowest BCUT2D eigenvalue weighted by molar-refractivity contribution is -0.139. The lowest BCUT2D eigenvalue weighted by Crippen LogP contribution is -2.43.